The summed E-state index contributed by atoms with van der Waals surface area (Å²) in [4.78, 5) is 18.4. The predicted molar refractivity (Wildman–Crippen MR) is 62.2 cm³/mol. The first kappa shape index (κ1) is 9.98. The highest BCUT2D eigenvalue weighted by atomic mass is 35.5. The van der Waals surface area contributed by atoms with E-state index in [-0.39, 0.29) is 10.8 Å². The Balaban J connectivity index is 2.45. The Hall–Kier alpha value is -2.21. The number of non-ortho nitro benzene ring substituents is 1. The van der Waals surface area contributed by atoms with Gasteiger partial charge >= 0.3 is 0 Å². The number of aromatic nitrogens is 3. The fourth-order valence-electron chi connectivity index (χ4n) is 1.72. The Morgan fingerprint density at radius 2 is 2.24 bits per heavy atom. The molecule has 0 unspecified atom stereocenters. The van der Waals surface area contributed by atoms with Crippen molar-refractivity contribution in [2.24, 2.45) is 0 Å². The molecule has 0 N–H and O–H groups in total. The van der Waals surface area contributed by atoms with Gasteiger partial charge in [-0.05, 0) is 6.07 Å². The third-order valence-electron chi connectivity index (χ3n) is 2.47. The van der Waals surface area contributed by atoms with Crippen molar-refractivity contribution in [2.75, 3.05) is 0 Å². The Morgan fingerprint density at radius 1 is 1.41 bits per heavy atom. The van der Waals surface area contributed by atoms with Crippen LogP contribution in [-0.2, 0) is 0 Å². The van der Waals surface area contributed by atoms with E-state index >= 15 is 0 Å². The summed E-state index contributed by atoms with van der Waals surface area (Å²) in [5.41, 5.74) is 1.72. The smallest absolute Gasteiger partial charge is 0.271 e. The van der Waals surface area contributed by atoms with E-state index in [0.29, 0.717) is 11.2 Å². The average molecular weight is 249 g/mol. The maximum atomic E-state index is 10.7. The number of nitrogens with zero attached hydrogens (tertiary/aromatic N) is 4. The number of nitro benzene ring substituents is 1. The first-order chi connectivity index (χ1) is 8.16. The quantitative estimate of drug-likeness (QED) is 0.490. The number of hydrogen-bond acceptors (Lipinski definition) is 4. The molecule has 84 valence electrons. The fraction of sp³-hybridized carbons (Fsp3) is 0. The van der Waals surface area contributed by atoms with Gasteiger partial charge in [0, 0.05) is 24.5 Å². The molecule has 0 aliphatic rings. The van der Waals surface area contributed by atoms with Gasteiger partial charge in [0.25, 0.3) is 5.69 Å². The number of nitro groups is 1. The molecule has 3 aromatic rings. The molecular weight excluding hydrogens is 244 g/mol. The van der Waals surface area contributed by atoms with Gasteiger partial charge in [0.2, 0.25) is 0 Å². The molecule has 3 rings (SSSR count). The molecule has 6 nitrogen and oxygen atoms in total. The van der Waals surface area contributed by atoms with Crippen LogP contribution in [0.15, 0.2) is 30.6 Å². The van der Waals surface area contributed by atoms with Crippen molar-refractivity contribution in [3.8, 4) is 0 Å². The standard InChI is InChI=1S/C10H5ClN4O2/c11-9-10-12-3-4-14(10)8-2-1-6(15(16)17)5-7(8)13-9/h1-5H. The zero-order valence-corrected chi connectivity index (χ0v) is 9.13. The van der Waals surface area contributed by atoms with Crippen LogP contribution >= 0.6 is 11.6 Å². The normalized spacial score (nSPS) is 11.1. The number of hydrogen-bond donors (Lipinski definition) is 0. The Labute approximate surface area is 99.6 Å². The lowest BCUT2D eigenvalue weighted by atomic mass is 10.2. The molecule has 0 radical (unpaired) electrons. The average Bonchev–Trinajstić information content (AvgIpc) is 2.78. The fourth-order valence-corrected chi connectivity index (χ4v) is 1.96. The maximum absolute atomic E-state index is 10.7. The first-order valence-electron chi connectivity index (χ1n) is 4.73. The van der Waals surface area contributed by atoms with E-state index in [1.807, 2.05) is 0 Å². The van der Waals surface area contributed by atoms with Crippen LogP contribution in [0.4, 0.5) is 5.69 Å². The minimum atomic E-state index is -0.465. The molecule has 0 amide bonds. The number of imidazole rings is 1. The number of benzene rings is 1. The van der Waals surface area contributed by atoms with Gasteiger partial charge in [0.15, 0.2) is 10.8 Å². The summed E-state index contributed by atoms with van der Waals surface area (Å²) in [6.45, 7) is 0. The molecule has 0 bridgehead atoms. The van der Waals surface area contributed by atoms with E-state index in [0.717, 1.165) is 5.52 Å². The van der Waals surface area contributed by atoms with Crippen molar-refractivity contribution < 1.29 is 4.92 Å². The van der Waals surface area contributed by atoms with E-state index < -0.39 is 4.92 Å². The van der Waals surface area contributed by atoms with E-state index in [1.165, 1.54) is 12.1 Å². The number of halogens is 1. The van der Waals surface area contributed by atoms with Crippen molar-refractivity contribution >= 4 is 34.0 Å². The van der Waals surface area contributed by atoms with Crippen LogP contribution in [0, 0.1) is 10.1 Å². The Morgan fingerprint density at radius 3 is 3.00 bits per heavy atom. The summed E-state index contributed by atoms with van der Waals surface area (Å²) in [6, 6.07) is 4.45. The van der Waals surface area contributed by atoms with Gasteiger partial charge < -0.3 is 0 Å². The molecule has 0 fully saturated rings. The van der Waals surface area contributed by atoms with Gasteiger partial charge in [-0.1, -0.05) is 11.6 Å². The zero-order chi connectivity index (χ0) is 12.0. The van der Waals surface area contributed by atoms with Gasteiger partial charge in [-0.15, -0.1) is 0 Å². The predicted octanol–water partition coefficient (Wildman–Crippen LogP) is 2.44. The zero-order valence-electron chi connectivity index (χ0n) is 8.37. The van der Waals surface area contributed by atoms with E-state index in [9.17, 15) is 10.1 Å². The molecule has 0 saturated heterocycles. The van der Waals surface area contributed by atoms with Gasteiger partial charge in [-0.3, -0.25) is 14.5 Å². The van der Waals surface area contributed by atoms with Crippen LogP contribution in [0.3, 0.4) is 0 Å². The third-order valence-corrected chi connectivity index (χ3v) is 2.73. The van der Waals surface area contributed by atoms with Crippen LogP contribution < -0.4 is 0 Å². The molecule has 0 aliphatic heterocycles. The van der Waals surface area contributed by atoms with Crippen molar-refractivity contribution in [1.29, 1.82) is 0 Å². The van der Waals surface area contributed by atoms with Gasteiger partial charge in [0.05, 0.1) is 16.0 Å². The van der Waals surface area contributed by atoms with Crippen LogP contribution in [0.1, 0.15) is 0 Å². The lowest BCUT2D eigenvalue weighted by Gasteiger charge is -2.02. The molecule has 2 aromatic heterocycles. The molecule has 17 heavy (non-hydrogen) atoms. The Bertz CT molecular complexity index is 752. The molecule has 2 heterocycles. The lowest BCUT2D eigenvalue weighted by Crippen LogP contribution is -1.94. The van der Waals surface area contributed by atoms with Gasteiger partial charge in [-0.2, -0.15) is 0 Å². The van der Waals surface area contributed by atoms with Gasteiger partial charge in [-0.25, -0.2) is 9.97 Å². The molecule has 0 spiro atoms. The summed E-state index contributed by atoms with van der Waals surface area (Å²) >= 11 is 5.94. The van der Waals surface area contributed by atoms with E-state index in [4.69, 9.17) is 11.6 Å². The van der Waals surface area contributed by atoms with E-state index in [2.05, 4.69) is 9.97 Å². The van der Waals surface area contributed by atoms with Crippen LogP contribution in [0.5, 0.6) is 0 Å². The second-order valence-electron chi connectivity index (χ2n) is 3.45. The van der Waals surface area contributed by atoms with Gasteiger partial charge in [0.1, 0.15) is 0 Å². The molecule has 0 aliphatic carbocycles. The monoisotopic (exact) mass is 248 g/mol. The minimum absolute atomic E-state index is 0.0134. The second-order valence-corrected chi connectivity index (χ2v) is 3.81. The lowest BCUT2D eigenvalue weighted by molar-refractivity contribution is -0.384. The largest absolute Gasteiger partial charge is 0.296 e. The van der Waals surface area contributed by atoms with E-state index in [1.54, 1.807) is 22.9 Å². The van der Waals surface area contributed by atoms with Crippen LogP contribution in [0.25, 0.3) is 16.7 Å². The van der Waals surface area contributed by atoms with Crippen molar-refractivity contribution in [3.63, 3.8) is 0 Å². The minimum Gasteiger partial charge on any atom is -0.296 e. The second kappa shape index (κ2) is 3.39. The summed E-state index contributed by atoms with van der Waals surface area (Å²) < 4.78 is 1.74. The number of fused-ring (bicyclic) bond motifs is 3. The van der Waals surface area contributed by atoms with Crippen molar-refractivity contribution in [1.82, 2.24) is 14.4 Å². The SMILES string of the molecule is O=[N+]([O-])c1ccc2c(c1)nc(Cl)c1nccn12. The van der Waals surface area contributed by atoms with Crippen LogP contribution in [-0.4, -0.2) is 19.3 Å². The highest BCUT2D eigenvalue weighted by Crippen LogP contribution is 2.23. The topological polar surface area (TPSA) is 73.3 Å². The third kappa shape index (κ3) is 1.42. The molecule has 0 atom stereocenters. The molecular formula is C10H5ClN4O2. The molecule has 1 aromatic carbocycles. The summed E-state index contributed by atoms with van der Waals surface area (Å²) in [7, 11) is 0. The highest BCUT2D eigenvalue weighted by Gasteiger charge is 2.11. The molecule has 0 saturated carbocycles. The summed E-state index contributed by atoms with van der Waals surface area (Å²) in [5.74, 6) is 0. The molecule has 7 heteroatoms. The van der Waals surface area contributed by atoms with Crippen LogP contribution in [0.2, 0.25) is 5.15 Å². The summed E-state index contributed by atoms with van der Waals surface area (Å²) in [6.07, 6.45) is 3.33. The van der Waals surface area contributed by atoms with Crippen molar-refractivity contribution in [3.05, 3.63) is 45.9 Å². The summed E-state index contributed by atoms with van der Waals surface area (Å²) in [5, 5.41) is 10.9. The number of rotatable bonds is 1. The van der Waals surface area contributed by atoms with Crippen molar-refractivity contribution in [2.45, 2.75) is 0 Å². The highest BCUT2D eigenvalue weighted by molar-refractivity contribution is 6.32. The maximum Gasteiger partial charge on any atom is 0.271 e. The first-order valence-corrected chi connectivity index (χ1v) is 5.11. The Kier molecular flexibility index (Phi) is 1.99.